The van der Waals surface area contributed by atoms with Crippen LogP contribution in [0.1, 0.15) is 5.56 Å². The summed E-state index contributed by atoms with van der Waals surface area (Å²) >= 11 is 3.30. The van der Waals surface area contributed by atoms with E-state index in [9.17, 15) is 14.9 Å². The highest BCUT2D eigenvalue weighted by Gasteiger charge is 2.13. The van der Waals surface area contributed by atoms with Crippen LogP contribution in [-0.4, -0.2) is 9.49 Å². The monoisotopic (exact) mass is 337 g/mol. The fourth-order valence-electron chi connectivity index (χ4n) is 1.77. The average Bonchev–Trinajstić information content (AvgIpc) is 2.40. The van der Waals surface area contributed by atoms with Crippen LogP contribution in [0.25, 0.3) is 0 Å². The summed E-state index contributed by atoms with van der Waals surface area (Å²) in [5.41, 5.74) is 1.24. The van der Waals surface area contributed by atoms with Gasteiger partial charge in [0.25, 0.3) is 5.69 Å². The number of aromatic nitrogens is 1. The summed E-state index contributed by atoms with van der Waals surface area (Å²) in [7, 11) is 1.65. The van der Waals surface area contributed by atoms with Crippen LogP contribution >= 0.6 is 15.9 Å². The van der Waals surface area contributed by atoms with Gasteiger partial charge in [-0.05, 0) is 18.2 Å². The Balaban J connectivity index is 2.22. The van der Waals surface area contributed by atoms with Crippen LogP contribution in [0.15, 0.2) is 45.8 Å². The van der Waals surface area contributed by atoms with Gasteiger partial charge in [0.05, 0.1) is 10.6 Å². The Kier molecular flexibility index (Phi) is 4.19. The highest BCUT2D eigenvalue weighted by molar-refractivity contribution is 9.10. The summed E-state index contributed by atoms with van der Waals surface area (Å²) in [6, 6.07) is 7.88. The van der Waals surface area contributed by atoms with Crippen molar-refractivity contribution in [3.8, 4) is 0 Å². The van der Waals surface area contributed by atoms with Gasteiger partial charge in [0.1, 0.15) is 0 Å². The van der Waals surface area contributed by atoms with Crippen LogP contribution in [0.4, 0.5) is 11.4 Å². The predicted octanol–water partition coefficient (Wildman–Crippen LogP) is 2.67. The molecule has 1 N–H and O–H groups in total. The molecule has 6 nitrogen and oxygen atoms in total. The first-order valence-electron chi connectivity index (χ1n) is 5.81. The minimum Gasteiger partial charge on any atom is -0.380 e. The maximum atomic E-state index is 11.3. The molecular weight excluding hydrogens is 326 g/mol. The molecule has 0 aliphatic carbocycles. The third-order valence-electron chi connectivity index (χ3n) is 2.81. The normalized spacial score (nSPS) is 10.3. The number of halogens is 1. The number of hydrogen-bond acceptors (Lipinski definition) is 4. The van der Waals surface area contributed by atoms with E-state index in [-0.39, 0.29) is 11.2 Å². The minimum atomic E-state index is -0.413. The first-order valence-corrected chi connectivity index (χ1v) is 6.60. The summed E-state index contributed by atoms with van der Waals surface area (Å²) in [4.78, 5) is 21.8. The number of benzene rings is 1. The molecule has 0 aliphatic rings. The fourth-order valence-corrected chi connectivity index (χ4v) is 2.18. The second kappa shape index (κ2) is 5.87. The lowest BCUT2D eigenvalue weighted by molar-refractivity contribution is -0.385. The third kappa shape index (κ3) is 3.24. The van der Waals surface area contributed by atoms with Crippen molar-refractivity contribution in [3.63, 3.8) is 0 Å². The Morgan fingerprint density at radius 1 is 1.35 bits per heavy atom. The average molecular weight is 338 g/mol. The standard InChI is InChI=1S/C13H12BrN3O3/c1-16-8-11(3-5-13(16)18)15-7-9-6-10(14)2-4-12(9)17(19)20/h2-6,8,15H,7H2,1H3. The van der Waals surface area contributed by atoms with Gasteiger partial charge in [-0.25, -0.2) is 0 Å². The highest BCUT2D eigenvalue weighted by Crippen LogP contribution is 2.23. The number of nitro groups is 1. The summed E-state index contributed by atoms with van der Waals surface area (Å²) in [5, 5.41) is 14.0. The van der Waals surface area contributed by atoms with E-state index in [1.165, 1.54) is 16.7 Å². The number of nitrogens with zero attached hydrogens (tertiary/aromatic N) is 2. The first kappa shape index (κ1) is 14.3. The van der Waals surface area contributed by atoms with Crippen molar-refractivity contribution in [3.05, 3.63) is 67.0 Å². The van der Waals surface area contributed by atoms with Gasteiger partial charge in [0, 0.05) is 42.0 Å². The van der Waals surface area contributed by atoms with E-state index in [1.54, 1.807) is 31.4 Å². The van der Waals surface area contributed by atoms with Gasteiger partial charge >= 0.3 is 0 Å². The Hall–Kier alpha value is -2.15. The number of rotatable bonds is 4. The van der Waals surface area contributed by atoms with Crippen molar-refractivity contribution < 1.29 is 4.92 Å². The Bertz CT molecular complexity index is 712. The number of pyridine rings is 1. The molecule has 0 bridgehead atoms. The van der Waals surface area contributed by atoms with Crippen LogP contribution in [0.3, 0.4) is 0 Å². The van der Waals surface area contributed by atoms with E-state index >= 15 is 0 Å². The zero-order chi connectivity index (χ0) is 14.7. The van der Waals surface area contributed by atoms with E-state index < -0.39 is 4.92 Å². The lowest BCUT2D eigenvalue weighted by Gasteiger charge is -2.08. The summed E-state index contributed by atoms with van der Waals surface area (Å²) in [6.07, 6.45) is 1.64. The molecule has 0 saturated heterocycles. The molecule has 7 heteroatoms. The van der Waals surface area contributed by atoms with Crippen molar-refractivity contribution >= 4 is 27.3 Å². The number of aryl methyl sites for hydroxylation is 1. The number of nitrogens with one attached hydrogen (secondary N) is 1. The van der Waals surface area contributed by atoms with Gasteiger partial charge in [0.2, 0.25) is 5.56 Å². The third-order valence-corrected chi connectivity index (χ3v) is 3.30. The van der Waals surface area contributed by atoms with Crippen LogP contribution in [0.5, 0.6) is 0 Å². The molecule has 1 aromatic carbocycles. The van der Waals surface area contributed by atoms with Crippen molar-refractivity contribution in [1.29, 1.82) is 0 Å². The van der Waals surface area contributed by atoms with Crippen LogP contribution in [0.2, 0.25) is 0 Å². The molecule has 20 heavy (non-hydrogen) atoms. The first-order chi connectivity index (χ1) is 9.47. The molecule has 104 valence electrons. The van der Waals surface area contributed by atoms with Crippen LogP contribution in [0, 0.1) is 10.1 Å². The Morgan fingerprint density at radius 3 is 2.75 bits per heavy atom. The molecule has 0 spiro atoms. The van der Waals surface area contributed by atoms with Crippen molar-refractivity contribution in [2.24, 2.45) is 7.05 Å². The van der Waals surface area contributed by atoms with E-state index in [4.69, 9.17) is 0 Å². The minimum absolute atomic E-state index is 0.0607. The second-order valence-electron chi connectivity index (χ2n) is 4.25. The SMILES string of the molecule is Cn1cc(NCc2cc(Br)ccc2[N+](=O)[O-])ccc1=O. The second-order valence-corrected chi connectivity index (χ2v) is 5.17. The maximum Gasteiger partial charge on any atom is 0.274 e. The Labute approximate surface area is 123 Å². The van der Waals surface area contributed by atoms with E-state index in [1.807, 2.05) is 0 Å². The van der Waals surface area contributed by atoms with Gasteiger partial charge in [-0.2, -0.15) is 0 Å². The van der Waals surface area contributed by atoms with Crippen molar-refractivity contribution in [2.75, 3.05) is 5.32 Å². The zero-order valence-electron chi connectivity index (χ0n) is 10.7. The molecule has 0 saturated carbocycles. The maximum absolute atomic E-state index is 11.3. The van der Waals surface area contributed by atoms with E-state index in [0.717, 1.165) is 10.2 Å². The molecular formula is C13H12BrN3O3. The fraction of sp³-hybridized carbons (Fsp3) is 0.154. The highest BCUT2D eigenvalue weighted by atomic mass is 79.9. The van der Waals surface area contributed by atoms with Crippen molar-refractivity contribution in [1.82, 2.24) is 4.57 Å². The summed E-state index contributed by atoms with van der Waals surface area (Å²) in [5.74, 6) is 0. The van der Waals surface area contributed by atoms with Gasteiger partial charge < -0.3 is 9.88 Å². The molecule has 0 unspecified atom stereocenters. The molecule has 2 rings (SSSR count). The molecule has 0 atom stereocenters. The largest absolute Gasteiger partial charge is 0.380 e. The zero-order valence-corrected chi connectivity index (χ0v) is 12.3. The molecule has 0 radical (unpaired) electrons. The number of anilines is 1. The lowest BCUT2D eigenvalue weighted by atomic mass is 10.2. The quantitative estimate of drug-likeness (QED) is 0.687. The molecule has 1 aromatic heterocycles. The van der Waals surface area contributed by atoms with Crippen LogP contribution < -0.4 is 10.9 Å². The molecule has 1 heterocycles. The van der Waals surface area contributed by atoms with Crippen molar-refractivity contribution in [2.45, 2.75) is 6.54 Å². The molecule has 0 fully saturated rings. The van der Waals surface area contributed by atoms with E-state index in [0.29, 0.717) is 12.1 Å². The number of nitro benzene ring substituents is 1. The summed E-state index contributed by atoms with van der Waals surface area (Å²) < 4.78 is 2.22. The van der Waals surface area contributed by atoms with E-state index in [2.05, 4.69) is 21.2 Å². The topological polar surface area (TPSA) is 77.2 Å². The van der Waals surface area contributed by atoms with Gasteiger partial charge in [-0.3, -0.25) is 14.9 Å². The van der Waals surface area contributed by atoms with Crippen LogP contribution in [-0.2, 0) is 13.6 Å². The van der Waals surface area contributed by atoms with Gasteiger partial charge in [-0.1, -0.05) is 15.9 Å². The number of hydrogen-bond donors (Lipinski definition) is 1. The van der Waals surface area contributed by atoms with Gasteiger partial charge in [-0.15, -0.1) is 0 Å². The Morgan fingerprint density at radius 2 is 2.10 bits per heavy atom. The summed E-state index contributed by atoms with van der Waals surface area (Å²) in [6.45, 7) is 0.300. The van der Waals surface area contributed by atoms with Gasteiger partial charge in [0.15, 0.2) is 0 Å². The molecule has 2 aromatic rings. The molecule has 0 aliphatic heterocycles. The lowest BCUT2D eigenvalue weighted by Crippen LogP contribution is -2.15. The smallest absolute Gasteiger partial charge is 0.274 e. The molecule has 0 amide bonds. The predicted molar refractivity (Wildman–Crippen MR) is 79.8 cm³/mol.